The van der Waals surface area contributed by atoms with Crippen LogP contribution in [0.2, 0.25) is 0 Å². The summed E-state index contributed by atoms with van der Waals surface area (Å²) in [6.07, 6.45) is -2.75. The number of nitrogens with zero attached hydrogens (tertiary/aromatic N) is 4. The van der Waals surface area contributed by atoms with Crippen molar-refractivity contribution in [2.75, 3.05) is 24.6 Å². The van der Waals surface area contributed by atoms with E-state index >= 15 is 0 Å². The Morgan fingerprint density at radius 1 is 1.17 bits per heavy atom. The number of pyridine rings is 1. The average Bonchev–Trinajstić information content (AvgIpc) is 3.46. The van der Waals surface area contributed by atoms with Gasteiger partial charge in [-0.25, -0.2) is 9.59 Å². The smallest absolute Gasteiger partial charge is 0.490 e. The van der Waals surface area contributed by atoms with E-state index in [0.29, 0.717) is 5.92 Å². The van der Waals surface area contributed by atoms with E-state index in [9.17, 15) is 26.3 Å². The average molecular weight is 544 g/mol. The van der Waals surface area contributed by atoms with Crippen molar-refractivity contribution in [3.63, 3.8) is 0 Å². The Kier molecular flexibility index (Phi) is 9.45. The second kappa shape index (κ2) is 11.7. The molecule has 16 heteroatoms. The van der Waals surface area contributed by atoms with Crippen LogP contribution in [0.3, 0.4) is 0 Å². The van der Waals surface area contributed by atoms with Gasteiger partial charge in [-0.1, -0.05) is 17.8 Å². The number of aromatic nitrogens is 3. The molecule has 2 aromatic rings. The predicted octanol–water partition coefficient (Wildman–Crippen LogP) is 4.19. The highest BCUT2D eigenvalue weighted by Crippen LogP contribution is 2.50. The predicted molar refractivity (Wildman–Crippen MR) is 114 cm³/mol. The van der Waals surface area contributed by atoms with Crippen molar-refractivity contribution in [2.24, 2.45) is 11.3 Å². The number of fused-ring (bicyclic) bond motifs is 1. The summed E-state index contributed by atoms with van der Waals surface area (Å²) in [4.78, 5) is 24.3. The number of hydrogen-bond donors (Lipinski definition) is 2. The monoisotopic (exact) mass is 544 g/mol. The molecule has 1 aliphatic carbocycles. The van der Waals surface area contributed by atoms with Gasteiger partial charge >= 0.3 is 24.3 Å². The second-order valence-corrected chi connectivity index (χ2v) is 9.18. The number of carboxylic acid groups (broad SMARTS) is 2. The third-order valence-electron chi connectivity index (χ3n) is 5.47. The number of alkyl halides is 6. The Morgan fingerprint density at radius 3 is 2.25 bits per heavy atom. The van der Waals surface area contributed by atoms with Crippen molar-refractivity contribution in [3.05, 3.63) is 29.5 Å². The number of halogens is 6. The number of hydrogen-bond acceptors (Lipinski definition) is 8. The minimum Gasteiger partial charge on any atom is -0.491 e. The number of rotatable bonds is 4. The van der Waals surface area contributed by atoms with Crippen LogP contribution in [0.4, 0.5) is 31.5 Å². The van der Waals surface area contributed by atoms with Crippen molar-refractivity contribution in [1.29, 1.82) is 0 Å². The second-order valence-electron chi connectivity index (χ2n) is 8.02. The lowest BCUT2D eigenvalue weighted by Gasteiger charge is -2.28. The van der Waals surface area contributed by atoms with Gasteiger partial charge in [0.05, 0.1) is 12.8 Å². The van der Waals surface area contributed by atoms with Gasteiger partial charge in [0.15, 0.2) is 0 Å². The Labute approximate surface area is 204 Å². The molecule has 0 aromatic carbocycles. The molecular formula is C20H22F6N4O5S. The largest absolute Gasteiger partial charge is 0.491 e. The summed E-state index contributed by atoms with van der Waals surface area (Å²) in [7, 11) is 0. The zero-order valence-electron chi connectivity index (χ0n) is 18.7. The zero-order chi connectivity index (χ0) is 27.1. The summed E-state index contributed by atoms with van der Waals surface area (Å²) >= 11 is 1.69. The number of anilines is 1. The summed E-state index contributed by atoms with van der Waals surface area (Å²) in [6, 6.07) is 3.90. The quantitative estimate of drug-likeness (QED) is 0.545. The lowest BCUT2D eigenvalue weighted by atomic mass is 9.81. The maximum Gasteiger partial charge on any atom is 0.490 e. The Hall–Kier alpha value is -3.17. The summed E-state index contributed by atoms with van der Waals surface area (Å²) in [5, 5.41) is 24.8. The summed E-state index contributed by atoms with van der Waals surface area (Å²) in [6.45, 7) is 4.91. The first-order chi connectivity index (χ1) is 16.6. The fourth-order valence-electron chi connectivity index (χ4n) is 3.87. The van der Waals surface area contributed by atoms with Crippen LogP contribution in [-0.2, 0) is 9.59 Å². The van der Waals surface area contributed by atoms with Crippen molar-refractivity contribution < 1.29 is 50.9 Å². The van der Waals surface area contributed by atoms with Crippen LogP contribution in [0, 0.1) is 18.3 Å². The van der Waals surface area contributed by atoms with Gasteiger partial charge in [0.1, 0.15) is 10.8 Å². The molecule has 1 saturated carbocycles. The molecule has 36 heavy (non-hydrogen) atoms. The third-order valence-corrected chi connectivity index (χ3v) is 6.37. The lowest BCUT2D eigenvalue weighted by molar-refractivity contribution is -0.193. The van der Waals surface area contributed by atoms with Gasteiger partial charge in [0.2, 0.25) is 5.13 Å². The van der Waals surface area contributed by atoms with E-state index in [1.165, 1.54) is 19.3 Å². The molecule has 2 aliphatic rings. The van der Waals surface area contributed by atoms with E-state index in [0.717, 1.165) is 35.6 Å². The molecule has 0 amide bonds. The van der Waals surface area contributed by atoms with Crippen LogP contribution in [0.25, 0.3) is 0 Å². The van der Waals surface area contributed by atoms with Gasteiger partial charge < -0.3 is 19.8 Å². The molecule has 1 aliphatic heterocycles. The zero-order valence-corrected chi connectivity index (χ0v) is 19.5. The molecule has 0 radical (unpaired) electrons. The van der Waals surface area contributed by atoms with E-state index in [4.69, 9.17) is 24.5 Å². The summed E-state index contributed by atoms with van der Waals surface area (Å²) in [5.74, 6) is -3.94. The molecule has 0 bridgehead atoms. The molecule has 2 N–H and O–H groups in total. The molecule has 2 atom stereocenters. The van der Waals surface area contributed by atoms with Crippen LogP contribution in [0.15, 0.2) is 24.5 Å². The normalized spacial score (nSPS) is 21.0. The number of aliphatic carboxylic acids is 2. The highest BCUT2D eigenvalue weighted by molar-refractivity contribution is 7.15. The molecule has 9 nitrogen and oxygen atoms in total. The lowest BCUT2D eigenvalue weighted by Crippen LogP contribution is -2.33. The molecule has 4 rings (SSSR count). The molecule has 3 heterocycles. The van der Waals surface area contributed by atoms with Crippen molar-refractivity contribution in [1.82, 2.24) is 15.2 Å². The number of carboxylic acids is 2. The highest BCUT2D eigenvalue weighted by atomic mass is 32.1. The SMILES string of the molecule is Cc1nnc(N2C[C@H]3CCC[C@@]3(COc3cccnc3)C2)s1.O=C(O)C(F)(F)F.O=C(O)C(F)(F)F. The topological polar surface area (TPSA) is 126 Å². The Balaban J connectivity index is 0.000000271. The summed E-state index contributed by atoms with van der Waals surface area (Å²) in [5.41, 5.74) is 0.259. The molecule has 200 valence electrons. The molecular weight excluding hydrogens is 522 g/mol. The molecule has 2 fully saturated rings. The van der Waals surface area contributed by atoms with Gasteiger partial charge in [-0.15, -0.1) is 10.2 Å². The van der Waals surface area contributed by atoms with Crippen molar-refractivity contribution >= 4 is 28.4 Å². The van der Waals surface area contributed by atoms with Gasteiger partial charge in [-0.05, 0) is 37.8 Å². The van der Waals surface area contributed by atoms with Crippen molar-refractivity contribution in [2.45, 2.75) is 38.5 Å². The van der Waals surface area contributed by atoms with Gasteiger partial charge in [0, 0.05) is 24.7 Å². The van der Waals surface area contributed by atoms with E-state index in [2.05, 4.69) is 20.1 Å². The standard InChI is InChI=1S/C16H20N4OS.2C2HF3O2/c1-12-18-19-15(22-12)20-9-13-4-2-6-16(13,10-20)11-21-14-5-3-7-17-8-14;2*3-2(4,5)1(6)7/h3,5,7-8,13H,2,4,6,9-11H2,1H3;2*(H,6,7)/t13-,16+;;/m1../s1. The van der Waals surface area contributed by atoms with Gasteiger partial charge in [-0.2, -0.15) is 26.3 Å². The number of carbonyl (C=O) groups is 2. The molecule has 1 saturated heterocycles. The van der Waals surface area contributed by atoms with E-state index in [1.54, 1.807) is 23.7 Å². The number of aryl methyl sites for hydroxylation is 1. The molecule has 0 unspecified atom stereocenters. The molecule has 2 aromatic heterocycles. The van der Waals surface area contributed by atoms with Gasteiger partial charge in [0.25, 0.3) is 0 Å². The first kappa shape index (κ1) is 29.1. The fourth-order valence-corrected chi connectivity index (χ4v) is 4.57. The van der Waals surface area contributed by atoms with E-state index in [-0.39, 0.29) is 5.41 Å². The summed E-state index contributed by atoms with van der Waals surface area (Å²) < 4.78 is 69.5. The van der Waals surface area contributed by atoms with Crippen LogP contribution < -0.4 is 9.64 Å². The molecule has 0 spiro atoms. The minimum atomic E-state index is -5.08. The first-order valence-corrected chi connectivity index (χ1v) is 11.1. The van der Waals surface area contributed by atoms with Crippen LogP contribution in [0.1, 0.15) is 24.3 Å². The third kappa shape index (κ3) is 8.20. The fraction of sp³-hybridized carbons (Fsp3) is 0.550. The maximum absolute atomic E-state index is 10.6. The van der Waals surface area contributed by atoms with E-state index in [1.807, 2.05) is 19.1 Å². The Morgan fingerprint density at radius 2 is 1.78 bits per heavy atom. The van der Waals surface area contributed by atoms with Crippen LogP contribution in [0.5, 0.6) is 5.75 Å². The van der Waals surface area contributed by atoms with Crippen LogP contribution in [-0.4, -0.2) is 69.4 Å². The van der Waals surface area contributed by atoms with Crippen LogP contribution >= 0.6 is 11.3 Å². The minimum absolute atomic E-state index is 0.259. The number of ether oxygens (including phenoxy) is 1. The Bertz CT molecular complexity index is 996. The van der Waals surface area contributed by atoms with E-state index < -0.39 is 24.3 Å². The van der Waals surface area contributed by atoms with Crippen molar-refractivity contribution in [3.8, 4) is 5.75 Å². The first-order valence-electron chi connectivity index (χ1n) is 10.3. The maximum atomic E-state index is 10.6. The van der Waals surface area contributed by atoms with Gasteiger partial charge in [-0.3, -0.25) is 4.98 Å². The highest BCUT2D eigenvalue weighted by Gasteiger charge is 2.50.